The first-order valence-corrected chi connectivity index (χ1v) is 12.4. The average molecular weight is 479 g/mol. The fourth-order valence-electron chi connectivity index (χ4n) is 6.06. The van der Waals surface area contributed by atoms with Gasteiger partial charge in [-0.25, -0.2) is 14.0 Å². The molecule has 1 aromatic heterocycles. The van der Waals surface area contributed by atoms with Crippen LogP contribution in [0.4, 0.5) is 14.0 Å². The molecule has 0 spiro atoms. The second-order valence-electron chi connectivity index (χ2n) is 9.70. The molecule has 3 fully saturated rings. The van der Waals surface area contributed by atoms with Crippen LogP contribution in [0.15, 0.2) is 48.7 Å². The third-order valence-corrected chi connectivity index (χ3v) is 7.59. The fourth-order valence-corrected chi connectivity index (χ4v) is 6.06. The summed E-state index contributed by atoms with van der Waals surface area (Å²) in [5, 5.41) is 9.21. The molecule has 2 aromatic rings. The Bertz CT molecular complexity index is 1110. The molecule has 7 nitrogen and oxygen atoms in total. The summed E-state index contributed by atoms with van der Waals surface area (Å²) >= 11 is 0. The maximum absolute atomic E-state index is 13.6. The highest BCUT2D eigenvalue weighted by atomic mass is 19.1. The molecule has 8 heteroatoms. The van der Waals surface area contributed by atoms with Crippen molar-refractivity contribution in [3.05, 3.63) is 60.2 Å². The molecular formula is C27H31FN4O3. The van der Waals surface area contributed by atoms with E-state index in [2.05, 4.69) is 27.0 Å². The van der Waals surface area contributed by atoms with Crippen molar-refractivity contribution in [2.75, 3.05) is 6.61 Å². The first-order chi connectivity index (χ1) is 17.0. The monoisotopic (exact) mass is 478 g/mol. The van der Waals surface area contributed by atoms with E-state index in [1.54, 1.807) is 19.2 Å². The maximum atomic E-state index is 13.6. The molecule has 1 aromatic carbocycles. The van der Waals surface area contributed by atoms with Crippen LogP contribution in [0.5, 0.6) is 0 Å². The average Bonchev–Trinajstić information content (AvgIpc) is 3.22. The smallest absolute Gasteiger partial charge is 0.407 e. The van der Waals surface area contributed by atoms with E-state index < -0.39 is 0 Å². The highest BCUT2D eigenvalue weighted by Gasteiger charge is 2.49. The van der Waals surface area contributed by atoms with Gasteiger partial charge in [0.15, 0.2) is 0 Å². The lowest BCUT2D eigenvalue weighted by Crippen LogP contribution is -2.53. The number of carbonyl (C=O) groups excluding carboxylic acids is 2. The molecule has 3 amide bonds. The quantitative estimate of drug-likeness (QED) is 0.590. The summed E-state index contributed by atoms with van der Waals surface area (Å²) in [6.45, 7) is 2.16. The molecule has 0 bridgehead atoms. The number of carbonyl (C=O) groups is 2. The van der Waals surface area contributed by atoms with Gasteiger partial charge in [-0.3, -0.25) is 4.98 Å². The number of urea groups is 1. The van der Waals surface area contributed by atoms with Crippen LogP contribution in [0.1, 0.15) is 38.3 Å². The van der Waals surface area contributed by atoms with Gasteiger partial charge in [-0.15, -0.1) is 0 Å². The van der Waals surface area contributed by atoms with Gasteiger partial charge in [-0.1, -0.05) is 24.3 Å². The fraction of sp³-hybridized carbons (Fsp3) is 0.444. The topological polar surface area (TPSA) is 92.4 Å². The van der Waals surface area contributed by atoms with Gasteiger partial charge in [-0.2, -0.15) is 0 Å². The minimum absolute atomic E-state index is 0.0427. The van der Waals surface area contributed by atoms with Crippen molar-refractivity contribution in [1.29, 1.82) is 0 Å². The number of aromatic nitrogens is 1. The van der Waals surface area contributed by atoms with E-state index in [0.717, 1.165) is 42.5 Å². The molecule has 2 aliphatic carbocycles. The number of amides is 3. The first kappa shape index (κ1) is 23.3. The summed E-state index contributed by atoms with van der Waals surface area (Å²) in [4.78, 5) is 28.6. The molecular weight excluding hydrogens is 447 g/mol. The molecule has 2 saturated carbocycles. The Hall–Kier alpha value is -3.42. The zero-order chi connectivity index (χ0) is 24.4. The molecule has 35 heavy (non-hydrogen) atoms. The van der Waals surface area contributed by atoms with Crippen LogP contribution in [-0.2, 0) is 4.74 Å². The molecule has 0 radical (unpaired) electrons. The number of halogens is 1. The van der Waals surface area contributed by atoms with Crippen LogP contribution in [0.3, 0.4) is 0 Å². The summed E-state index contributed by atoms with van der Waals surface area (Å²) in [5.41, 5.74) is 2.47. The molecule has 3 N–H and O–H groups in total. The second kappa shape index (κ2) is 10.1. The molecule has 3 aliphatic rings. The van der Waals surface area contributed by atoms with Gasteiger partial charge in [0.1, 0.15) is 5.82 Å². The molecule has 0 unspecified atom stereocenters. The number of rotatable bonds is 5. The predicted octanol–water partition coefficient (Wildman–Crippen LogP) is 4.50. The van der Waals surface area contributed by atoms with Crippen molar-refractivity contribution in [3.8, 4) is 11.1 Å². The highest BCUT2D eigenvalue weighted by Crippen LogP contribution is 2.45. The summed E-state index contributed by atoms with van der Waals surface area (Å²) < 4.78 is 18.6. The van der Waals surface area contributed by atoms with E-state index in [4.69, 9.17) is 4.74 Å². The number of nitrogens with one attached hydrogen (secondary N) is 3. The minimum atomic E-state index is -0.357. The molecule has 5 rings (SSSR count). The third-order valence-electron chi connectivity index (χ3n) is 7.59. The van der Waals surface area contributed by atoms with Gasteiger partial charge in [0, 0.05) is 23.7 Å². The van der Waals surface area contributed by atoms with Crippen LogP contribution >= 0.6 is 0 Å². The lowest BCUT2D eigenvalue weighted by Gasteiger charge is -2.47. The second-order valence-corrected chi connectivity index (χ2v) is 9.70. The molecule has 6 atom stereocenters. The van der Waals surface area contributed by atoms with Gasteiger partial charge >= 0.3 is 12.1 Å². The van der Waals surface area contributed by atoms with Crippen molar-refractivity contribution < 1.29 is 18.7 Å². The standard InChI is InChI=1S/C27H31FN4O3/c1-2-35-27(34)30-21-9-10-22-18(13-21)14-24-25(32-26(33)31-24)23(22)11-8-20-7-6-17(15-29-20)16-4-3-5-19(28)12-16/h3-8,11-12,15,18,21-25H,2,9-10,13-14H2,1H3,(H,30,34)(H2,31,32,33)/t18-,21+,22+,23-,24+,25-/m0/s1. The molecule has 1 saturated heterocycles. The highest BCUT2D eigenvalue weighted by molar-refractivity contribution is 5.77. The maximum Gasteiger partial charge on any atom is 0.407 e. The van der Waals surface area contributed by atoms with Crippen LogP contribution in [0, 0.1) is 23.6 Å². The van der Waals surface area contributed by atoms with Crippen LogP contribution < -0.4 is 16.0 Å². The van der Waals surface area contributed by atoms with Crippen LogP contribution in [0.25, 0.3) is 17.2 Å². The number of fused-ring (bicyclic) bond motifs is 2. The van der Waals surface area contributed by atoms with Gasteiger partial charge < -0.3 is 20.7 Å². The number of hydrogen-bond donors (Lipinski definition) is 3. The largest absolute Gasteiger partial charge is 0.450 e. The van der Waals surface area contributed by atoms with Crippen LogP contribution in [-0.4, -0.2) is 41.8 Å². The minimum Gasteiger partial charge on any atom is -0.450 e. The van der Waals surface area contributed by atoms with Crippen molar-refractivity contribution in [1.82, 2.24) is 20.9 Å². The Morgan fingerprint density at radius 1 is 1.20 bits per heavy atom. The first-order valence-electron chi connectivity index (χ1n) is 12.4. The Morgan fingerprint density at radius 2 is 2.09 bits per heavy atom. The van der Waals surface area contributed by atoms with Gasteiger partial charge in [0.25, 0.3) is 0 Å². The summed E-state index contributed by atoms with van der Waals surface area (Å²) in [6.07, 6.45) is 9.26. The Labute approximate surface area is 204 Å². The summed E-state index contributed by atoms with van der Waals surface area (Å²) in [6, 6.07) is 10.4. The number of pyridine rings is 1. The Balaban J connectivity index is 1.31. The summed E-state index contributed by atoms with van der Waals surface area (Å²) in [5.74, 6) is 0.716. The van der Waals surface area contributed by atoms with E-state index >= 15 is 0 Å². The Kier molecular flexibility index (Phi) is 6.70. The predicted molar refractivity (Wildman–Crippen MR) is 131 cm³/mol. The third kappa shape index (κ3) is 5.16. The number of hydrogen-bond acceptors (Lipinski definition) is 4. The normalized spacial score (nSPS) is 29.6. The lowest BCUT2D eigenvalue weighted by atomic mass is 9.61. The zero-order valence-corrected chi connectivity index (χ0v) is 19.7. The number of ether oxygens (including phenoxy) is 1. The van der Waals surface area contributed by atoms with Gasteiger partial charge in [0.2, 0.25) is 0 Å². The van der Waals surface area contributed by atoms with E-state index in [0.29, 0.717) is 18.4 Å². The zero-order valence-electron chi connectivity index (χ0n) is 19.7. The Morgan fingerprint density at radius 3 is 2.86 bits per heavy atom. The van der Waals surface area contributed by atoms with Crippen LogP contribution in [0.2, 0.25) is 0 Å². The van der Waals surface area contributed by atoms with E-state index in [1.165, 1.54) is 12.1 Å². The summed E-state index contributed by atoms with van der Waals surface area (Å²) in [7, 11) is 0. The number of alkyl carbamates (subject to hydrolysis) is 1. The van der Waals surface area contributed by atoms with Crippen molar-refractivity contribution >= 4 is 18.2 Å². The number of nitrogens with zero attached hydrogens (tertiary/aromatic N) is 1. The SMILES string of the molecule is CCOC(=O)N[C@@H]1CC[C@@H]2[C@@H](C1)C[C@H]1NC(=O)N[C@H]1[C@H]2C=Cc1ccc(-c2cccc(F)c2)cn1. The molecule has 184 valence electrons. The molecule has 2 heterocycles. The van der Waals surface area contributed by atoms with E-state index in [1.807, 2.05) is 24.3 Å². The van der Waals surface area contributed by atoms with Crippen molar-refractivity contribution in [2.45, 2.75) is 50.7 Å². The number of benzene rings is 1. The van der Waals surface area contributed by atoms with Gasteiger partial charge in [0.05, 0.1) is 24.4 Å². The van der Waals surface area contributed by atoms with Gasteiger partial charge in [-0.05, 0) is 74.3 Å². The van der Waals surface area contributed by atoms with E-state index in [9.17, 15) is 14.0 Å². The van der Waals surface area contributed by atoms with E-state index in [-0.39, 0.29) is 42.0 Å². The van der Waals surface area contributed by atoms with Crippen molar-refractivity contribution in [2.24, 2.45) is 17.8 Å². The lowest BCUT2D eigenvalue weighted by molar-refractivity contribution is 0.0758. The molecule has 1 aliphatic heterocycles. The van der Waals surface area contributed by atoms with Crippen molar-refractivity contribution in [3.63, 3.8) is 0 Å².